The first-order valence-electron chi connectivity index (χ1n) is 31.5. The van der Waals surface area contributed by atoms with Crippen molar-refractivity contribution in [1.82, 2.24) is 4.90 Å². The number of unbranched alkanes of at least 4 members (excludes halogenated alkanes) is 3. The van der Waals surface area contributed by atoms with Crippen LogP contribution in [0.2, 0.25) is 13.1 Å². The highest BCUT2D eigenvalue weighted by molar-refractivity contribution is 6.64. The van der Waals surface area contributed by atoms with Gasteiger partial charge in [-0.25, -0.2) is 0 Å². The van der Waals surface area contributed by atoms with Gasteiger partial charge in [0, 0.05) is 26.8 Å². The molecule has 8 rings (SSSR count). The summed E-state index contributed by atoms with van der Waals surface area (Å²) in [7, 11) is -0.537. The van der Waals surface area contributed by atoms with Crippen molar-refractivity contribution in [1.29, 1.82) is 0 Å². The Balaban J connectivity index is 0.896. The molecule has 72 heavy (non-hydrogen) atoms. The fraction of sp³-hybridized carbons (Fsp3) is 0.969. The molecule has 0 bridgehead atoms. The molecule has 416 valence electrons. The van der Waals surface area contributed by atoms with Crippen molar-refractivity contribution in [3.05, 3.63) is 11.6 Å². The first-order valence-corrected chi connectivity index (χ1v) is 34.3. The van der Waals surface area contributed by atoms with Gasteiger partial charge in [-0.15, -0.1) is 0 Å². The average Bonchev–Trinajstić information content (AvgIpc) is 3.89. The van der Waals surface area contributed by atoms with Gasteiger partial charge in [0.2, 0.25) is 0 Å². The minimum atomic E-state index is -2.48. The zero-order chi connectivity index (χ0) is 51.5. The van der Waals surface area contributed by atoms with Crippen molar-refractivity contribution in [3.8, 4) is 0 Å². The van der Waals surface area contributed by atoms with Crippen molar-refractivity contribution < 1.29 is 28.5 Å². The molecule has 2 N–H and O–H groups in total. The van der Waals surface area contributed by atoms with Crippen molar-refractivity contribution >= 4 is 8.56 Å². The lowest BCUT2D eigenvalue weighted by Crippen LogP contribution is -2.54. The zero-order valence-electron chi connectivity index (χ0n) is 48.8. The summed E-state index contributed by atoms with van der Waals surface area (Å²) in [6.45, 7) is 28.7. The van der Waals surface area contributed by atoms with Gasteiger partial charge in [-0.1, -0.05) is 99.1 Å². The van der Waals surface area contributed by atoms with Crippen molar-refractivity contribution in [3.63, 3.8) is 0 Å². The Labute approximate surface area is 444 Å². The summed E-state index contributed by atoms with van der Waals surface area (Å²) in [6.07, 6.45) is 37.1. The number of hydrogen-bond acceptors (Lipinski definition) is 7. The van der Waals surface area contributed by atoms with Crippen LogP contribution >= 0.6 is 0 Å². The highest BCUT2D eigenvalue weighted by Gasteiger charge is 2.62. The standard InChI is InChI=1S/C64H115NO6Si/c1-45(2)17-16-18-46(3)54-24-26-56-53-23-21-49-44-51(30-34-62(49,6)59(53)31-35-63(54,56)7)70-60(71-72(10,11)69-42-15-13-12-14-37-65(38-40-66)39-41-67)28-19-47(4)55-25-27-57-52-22-20-48-43-50(68-9)29-33-61(48,5)58(52)32-36-64(55,57)8/h21,45-48,50-60,66-67H,12-20,22-44H2,1-11H3/t46?,47-,48?,50-,51?,52?,53?,54?,55?,56?,57?,58?,59?,60?,61+,62?,63?,64-/m0/s1. The van der Waals surface area contributed by atoms with Gasteiger partial charge < -0.3 is 28.5 Å². The number of nitrogens with zero attached hydrogens (tertiary/aromatic N) is 1. The number of aliphatic hydroxyl groups is 2. The van der Waals surface area contributed by atoms with Gasteiger partial charge in [0.25, 0.3) is 0 Å². The third kappa shape index (κ3) is 12.4. The molecule has 14 unspecified atom stereocenters. The Bertz CT molecular complexity index is 1720. The summed E-state index contributed by atoms with van der Waals surface area (Å²) in [5.41, 5.74) is 3.55. The van der Waals surface area contributed by atoms with Crippen LogP contribution in [-0.2, 0) is 18.3 Å². The first-order chi connectivity index (χ1) is 34.4. The molecule has 0 aromatic rings. The van der Waals surface area contributed by atoms with E-state index < -0.39 is 8.56 Å². The van der Waals surface area contributed by atoms with E-state index in [-0.39, 0.29) is 25.6 Å². The van der Waals surface area contributed by atoms with Crippen LogP contribution in [0.4, 0.5) is 0 Å². The van der Waals surface area contributed by atoms with E-state index in [0.717, 1.165) is 123 Å². The lowest BCUT2D eigenvalue weighted by Gasteiger charge is -2.61. The molecule has 8 aliphatic rings. The summed E-state index contributed by atoms with van der Waals surface area (Å²) >= 11 is 0. The van der Waals surface area contributed by atoms with Crippen LogP contribution < -0.4 is 0 Å². The molecule has 0 radical (unpaired) electrons. The van der Waals surface area contributed by atoms with Gasteiger partial charge in [0.15, 0.2) is 0 Å². The highest BCUT2D eigenvalue weighted by atomic mass is 28.4. The van der Waals surface area contributed by atoms with Crippen LogP contribution in [0.3, 0.4) is 0 Å². The first kappa shape index (κ1) is 57.8. The van der Waals surface area contributed by atoms with Crippen LogP contribution in [0.15, 0.2) is 11.6 Å². The second-order valence-electron chi connectivity index (χ2n) is 28.9. The van der Waals surface area contributed by atoms with E-state index in [0.29, 0.717) is 46.8 Å². The van der Waals surface area contributed by atoms with Crippen molar-refractivity contribution in [2.75, 3.05) is 46.6 Å². The Hall–Kier alpha value is -0.323. The molecule has 0 aliphatic heterocycles. The van der Waals surface area contributed by atoms with Crippen LogP contribution in [0.25, 0.3) is 0 Å². The van der Waals surface area contributed by atoms with E-state index in [1.165, 1.54) is 122 Å². The Kier molecular flexibility index (Phi) is 19.9. The van der Waals surface area contributed by atoms with Crippen LogP contribution in [-0.4, -0.2) is 88.7 Å². The fourth-order valence-corrected chi connectivity index (χ4v) is 21.7. The number of allylic oxidation sites excluding steroid dienone is 1. The molecule has 0 aromatic carbocycles. The quantitative estimate of drug-likeness (QED) is 0.0387. The lowest BCUT2D eigenvalue weighted by atomic mass is 9.44. The molecule has 0 aromatic heterocycles. The Morgan fingerprint density at radius 1 is 0.625 bits per heavy atom. The molecule has 0 saturated heterocycles. The van der Waals surface area contributed by atoms with E-state index in [1.54, 1.807) is 5.57 Å². The molecular formula is C64H115NO6Si. The molecule has 8 aliphatic carbocycles. The minimum absolute atomic E-state index is 0.145. The van der Waals surface area contributed by atoms with Gasteiger partial charge in [-0.3, -0.25) is 4.90 Å². The number of hydrogen-bond donors (Lipinski definition) is 2. The third-order valence-electron chi connectivity index (χ3n) is 24.2. The van der Waals surface area contributed by atoms with Gasteiger partial charge in [0.05, 0.1) is 25.4 Å². The van der Waals surface area contributed by atoms with Gasteiger partial charge >= 0.3 is 8.56 Å². The zero-order valence-corrected chi connectivity index (χ0v) is 49.8. The Morgan fingerprint density at radius 2 is 1.25 bits per heavy atom. The molecule has 0 heterocycles. The monoisotopic (exact) mass is 1020 g/mol. The second-order valence-corrected chi connectivity index (χ2v) is 32.2. The van der Waals surface area contributed by atoms with Gasteiger partial charge in [-0.05, 0) is 247 Å². The van der Waals surface area contributed by atoms with E-state index >= 15 is 0 Å². The van der Waals surface area contributed by atoms with Gasteiger partial charge in [-0.2, -0.15) is 0 Å². The summed E-state index contributed by atoms with van der Waals surface area (Å²) in [5.74, 6) is 10.2. The lowest BCUT2D eigenvalue weighted by molar-refractivity contribution is -0.153. The van der Waals surface area contributed by atoms with E-state index in [2.05, 4.69) is 79.5 Å². The number of methoxy groups -OCH3 is 1. The maximum absolute atomic E-state index is 9.42. The highest BCUT2D eigenvalue weighted by Crippen LogP contribution is 2.70. The maximum Gasteiger partial charge on any atom is 0.333 e. The third-order valence-corrected chi connectivity index (χ3v) is 26.0. The summed E-state index contributed by atoms with van der Waals surface area (Å²) in [6, 6.07) is 0. The van der Waals surface area contributed by atoms with Crippen LogP contribution in [0.1, 0.15) is 222 Å². The predicted octanol–water partition coefficient (Wildman–Crippen LogP) is 15.4. The number of aliphatic hydroxyl groups excluding tert-OH is 2. The largest absolute Gasteiger partial charge is 0.395 e. The molecule has 7 nitrogen and oxygen atoms in total. The molecule has 18 atom stereocenters. The molecule has 0 spiro atoms. The van der Waals surface area contributed by atoms with Crippen LogP contribution in [0.5, 0.6) is 0 Å². The predicted molar refractivity (Wildman–Crippen MR) is 300 cm³/mol. The second kappa shape index (κ2) is 24.8. The topological polar surface area (TPSA) is 80.6 Å². The molecular weight excluding hydrogens is 907 g/mol. The van der Waals surface area contributed by atoms with Crippen LogP contribution in [0, 0.1) is 92.7 Å². The molecule has 7 saturated carbocycles. The van der Waals surface area contributed by atoms with Gasteiger partial charge in [0.1, 0.15) is 6.29 Å². The fourth-order valence-electron chi connectivity index (χ4n) is 20.2. The SMILES string of the molecule is CO[C@H]1CC[C@]2(C)C(CCC3C2CC[C@]2(C)C3CCC2[C@@H](C)CCC(OC2CCC3(C)C(=CCC4C3CCC3(C)C(C(C)CCCC(C)C)CCC43)C2)O[Si](C)(C)OCCCCCCN(CCO)CCO)C1. The number of ether oxygens (including phenoxy) is 2. The minimum Gasteiger partial charge on any atom is -0.395 e. The Morgan fingerprint density at radius 3 is 1.93 bits per heavy atom. The molecule has 0 amide bonds. The number of fused-ring (bicyclic) bond motifs is 10. The van der Waals surface area contributed by atoms with E-state index in [9.17, 15) is 10.2 Å². The molecule has 7 fully saturated rings. The smallest absolute Gasteiger partial charge is 0.333 e. The van der Waals surface area contributed by atoms with Crippen molar-refractivity contribution in [2.45, 2.75) is 254 Å². The normalized spacial score (nSPS) is 40.9. The summed E-state index contributed by atoms with van der Waals surface area (Å²) in [5, 5.41) is 18.8. The average molecular weight is 1020 g/mol. The van der Waals surface area contributed by atoms with Crippen molar-refractivity contribution in [2.24, 2.45) is 92.7 Å². The maximum atomic E-state index is 9.42. The summed E-state index contributed by atoms with van der Waals surface area (Å²) < 4.78 is 27.3. The number of rotatable bonds is 26. The molecule has 8 heteroatoms. The van der Waals surface area contributed by atoms with E-state index in [4.69, 9.17) is 18.3 Å². The summed E-state index contributed by atoms with van der Waals surface area (Å²) in [4.78, 5) is 2.16. The van der Waals surface area contributed by atoms with E-state index in [1.807, 2.05) is 7.11 Å².